The molecule has 37 heavy (non-hydrogen) atoms. The van der Waals surface area contributed by atoms with E-state index in [1.165, 1.54) is 11.8 Å². The van der Waals surface area contributed by atoms with Gasteiger partial charge in [-0.05, 0) is 72.7 Å². The Morgan fingerprint density at radius 3 is 2.14 bits per heavy atom. The molecule has 3 heterocycles. The molecule has 0 unspecified atom stereocenters. The van der Waals surface area contributed by atoms with Crippen LogP contribution in [0.3, 0.4) is 0 Å². The highest BCUT2D eigenvalue weighted by atomic mass is 16.5. The summed E-state index contributed by atoms with van der Waals surface area (Å²) >= 11 is 0. The van der Waals surface area contributed by atoms with E-state index in [4.69, 9.17) is 4.74 Å². The smallest absolute Gasteiger partial charge is 0.240 e. The number of anilines is 1. The van der Waals surface area contributed by atoms with Crippen molar-refractivity contribution in [1.29, 1.82) is 0 Å². The number of ketones is 2. The second-order valence-corrected chi connectivity index (χ2v) is 9.54. The molecular weight excluding hydrogens is 468 g/mol. The maximum absolute atomic E-state index is 13.9. The molecule has 6 rings (SSSR count). The Kier molecular flexibility index (Phi) is 5.30. The lowest BCUT2D eigenvalue weighted by molar-refractivity contribution is -0.123. The molecule has 3 aromatic rings. The fraction of sp³-hybridized carbons (Fsp3) is 0.200. The molecule has 0 saturated carbocycles. The first kappa shape index (κ1) is 22.9. The van der Waals surface area contributed by atoms with Crippen molar-refractivity contribution in [3.05, 3.63) is 101 Å². The largest absolute Gasteiger partial charge is 0.497 e. The summed E-state index contributed by atoms with van der Waals surface area (Å²) in [4.78, 5) is 56.6. The lowest BCUT2D eigenvalue weighted by Crippen LogP contribution is -2.44. The van der Waals surface area contributed by atoms with Crippen molar-refractivity contribution in [2.45, 2.75) is 19.0 Å². The number of carbonyl (C=O) groups is 4. The first-order chi connectivity index (χ1) is 17.9. The third-order valence-electron chi connectivity index (χ3n) is 7.64. The van der Waals surface area contributed by atoms with Crippen LogP contribution in [0.25, 0.3) is 6.08 Å². The van der Waals surface area contributed by atoms with Crippen molar-refractivity contribution in [3.63, 3.8) is 0 Å². The van der Waals surface area contributed by atoms with E-state index in [1.807, 2.05) is 41.4 Å². The predicted octanol–water partition coefficient (Wildman–Crippen LogP) is 4.30. The Balaban J connectivity index is 1.45. The van der Waals surface area contributed by atoms with E-state index in [-0.39, 0.29) is 17.5 Å². The van der Waals surface area contributed by atoms with Gasteiger partial charge in [-0.15, -0.1) is 0 Å². The molecule has 7 nitrogen and oxygen atoms in total. The van der Waals surface area contributed by atoms with Crippen molar-refractivity contribution < 1.29 is 23.9 Å². The normalized spacial score (nSPS) is 23.5. The number of fused-ring (bicyclic) bond motifs is 5. The summed E-state index contributed by atoms with van der Waals surface area (Å²) < 4.78 is 5.23. The van der Waals surface area contributed by atoms with E-state index in [0.29, 0.717) is 22.6 Å². The highest BCUT2D eigenvalue weighted by molar-refractivity contribution is 6.24. The van der Waals surface area contributed by atoms with Crippen LogP contribution in [0.1, 0.15) is 44.8 Å². The number of imide groups is 1. The first-order valence-electron chi connectivity index (χ1n) is 12.1. The minimum atomic E-state index is -0.851. The van der Waals surface area contributed by atoms with Crippen LogP contribution in [0.15, 0.2) is 79.0 Å². The molecule has 184 valence electrons. The maximum Gasteiger partial charge on any atom is 0.240 e. The van der Waals surface area contributed by atoms with Crippen molar-refractivity contribution in [2.75, 3.05) is 12.0 Å². The minimum Gasteiger partial charge on any atom is -0.497 e. The Morgan fingerprint density at radius 1 is 0.811 bits per heavy atom. The van der Waals surface area contributed by atoms with Crippen LogP contribution in [0.5, 0.6) is 5.75 Å². The summed E-state index contributed by atoms with van der Waals surface area (Å²) in [5, 5.41) is 0. The number of amides is 2. The molecule has 3 aromatic carbocycles. The van der Waals surface area contributed by atoms with Crippen molar-refractivity contribution in [3.8, 4) is 5.75 Å². The monoisotopic (exact) mass is 492 g/mol. The lowest BCUT2D eigenvalue weighted by atomic mass is 9.83. The van der Waals surface area contributed by atoms with Crippen LogP contribution in [0, 0.1) is 11.8 Å². The Hall–Kier alpha value is -4.52. The van der Waals surface area contributed by atoms with E-state index in [9.17, 15) is 19.2 Å². The van der Waals surface area contributed by atoms with E-state index in [1.54, 1.807) is 55.6 Å². The van der Waals surface area contributed by atoms with Gasteiger partial charge in [0.05, 0.1) is 30.7 Å². The number of methoxy groups -OCH3 is 1. The van der Waals surface area contributed by atoms with Crippen molar-refractivity contribution in [1.82, 2.24) is 4.90 Å². The van der Waals surface area contributed by atoms with Crippen LogP contribution < -0.4 is 9.64 Å². The lowest BCUT2D eigenvalue weighted by Gasteiger charge is -2.35. The zero-order valence-corrected chi connectivity index (χ0v) is 20.3. The van der Waals surface area contributed by atoms with Gasteiger partial charge in [-0.3, -0.25) is 19.2 Å². The van der Waals surface area contributed by atoms with Gasteiger partial charge in [0, 0.05) is 17.3 Å². The average molecular weight is 493 g/mol. The SMILES string of the molecule is COc1ccc(C(=O)[C@@H]2[C@@H]3C(=O)N(c4ccc(C(C)=O)cc4)C(=O)[C@@H]3[C@@H]3c4ccccc4C=CN23)cc1. The number of hydrogen-bond donors (Lipinski definition) is 0. The van der Waals surface area contributed by atoms with Gasteiger partial charge in [0.2, 0.25) is 11.8 Å². The van der Waals surface area contributed by atoms with Crippen LogP contribution in [-0.4, -0.2) is 41.4 Å². The Bertz CT molecular complexity index is 1470. The average Bonchev–Trinajstić information content (AvgIpc) is 3.40. The van der Waals surface area contributed by atoms with Gasteiger partial charge < -0.3 is 9.64 Å². The van der Waals surface area contributed by atoms with E-state index in [0.717, 1.165) is 11.1 Å². The summed E-state index contributed by atoms with van der Waals surface area (Å²) in [5.41, 5.74) is 3.22. The van der Waals surface area contributed by atoms with Gasteiger partial charge >= 0.3 is 0 Å². The number of benzene rings is 3. The quantitative estimate of drug-likeness (QED) is 0.390. The molecule has 2 saturated heterocycles. The van der Waals surface area contributed by atoms with E-state index in [2.05, 4.69) is 0 Å². The van der Waals surface area contributed by atoms with Crippen LogP contribution in [0.4, 0.5) is 5.69 Å². The molecule has 7 heteroatoms. The first-order valence-corrected chi connectivity index (χ1v) is 12.1. The van der Waals surface area contributed by atoms with E-state index < -0.39 is 29.8 Å². The summed E-state index contributed by atoms with van der Waals surface area (Å²) in [7, 11) is 1.55. The maximum atomic E-state index is 13.9. The number of Topliss-reactive ketones (excluding diaryl/α,β-unsaturated/α-hetero) is 2. The number of nitrogens with zero attached hydrogens (tertiary/aromatic N) is 2. The predicted molar refractivity (Wildman–Crippen MR) is 137 cm³/mol. The zero-order chi connectivity index (χ0) is 25.8. The van der Waals surface area contributed by atoms with Gasteiger partial charge in [-0.25, -0.2) is 4.90 Å². The molecule has 0 radical (unpaired) electrons. The molecule has 3 aliphatic heterocycles. The molecule has 0 spiro atoms. The third kappa shape index (κ3) is 3.42. The van der Waals surface area contributed by atoms with E-state index >= 15 is 0 Å². The standard InChI is InChI=1S/C30H24N2O5/c1-17(33)18-7-11-21(12-8-18)32-29(35)24-25(30(32)36)27(28(34)20-9-13-22(37-2)14-10-20)31-16-15-19-5-3-4-6-23(19)26(24)31/h3-16,24-27H,1-2H3/t24-,25+,26-,27-/m0/s1. The van der Waals surface area contributed by atoms with Crippen molar-refractivity contribution >= 4 is 35.1 Å². The molecule has 2 amide bonds. The molecular formula is C30H24N2O5. The molecule has 4 atom stereocenters. The summed E-state index contributed by atoms with van der Waals surface area (Å²) in [6.07, 6.45) is 3.76. The summed E-state index contributed by atoms with van der Waals surface area (Å²) in [6.45, 7) is 1.46. The molecule has 0 aromatic heterocycles. The number of hydrogen-bond acceptors (Lipinski definition) is 6. The molecule has 2 fully saturated rings. The fourth-order valence-corrected chi connectivity index (χ4v) is 5.88. The van der Waals surface area contributed by atoms with Crippen LogP contribution in [0.2, 0.25) is 0 Å². The Labute approximate surface area is 213 Å². The van der Waals surface area contributed by atoms with Gasteiger partial charge in [-0.1, -0.05) is 24.3 Å². The highest BCUT2D eigenvalue weighted by Gasteiger charge is 2.64. The highest BCUT2D eigenvalue weighted by Crippen LogP contribution is 2.53. The molecule has 3 aliphatic rings. The molecule has 0 N–H and O–H groups in total. The summed E-state index contributed by atoms with van der Waals surface area (Å²) in [6, 6.07) is 19.7. The third-order valence-corrected chi connectivity index (χ3v) is 7.64. The van der Waals surface area contributed by atoms with Crippen molar-refractivity contribution in [2.24, 2.45) is 11.8 Å². The van der Waals surface area contributed by atoms with Crippen LogP contribution >= 0.6 is 0 Å². The number of rotatable bonds is 5. The zero-order valence-electron chi connectivity index (χ0n) is 20.3. The minimum absolute atomic E-state index is 0.103. The van der Waals surface area contributed by atoms with Gasteiger partial charge in [-0.2, -0.15) is 0 Å². The van der Waals surface area contributed by atoms with Gasteiger partial charge in [0.25, 0.3) is 0 Å². The van der Waals surface area contributed by atoms with Crippen LogP contribution in [-0.2, 0) is 9.59 Å². The van der Waals surface area contributed by atoms with Gasteiger partial charge in [0.1, 0.15) is 11.8 Å². The number of ether oxygens (including phenoxy) is 1. The Morgan fingerprint density at radius 2 is 1.46 bits per heavy atom. The molecule has 0 aliphatic carbocycles. The topological polar surface area (TPSA) is 84.0 Å². The second-order valence-electron chi connectivity index (χ2n) is 9.54. The fourth-order valence-electron chi connectivity index (χ4n) is 5.88. The number of carbonyl (C=O) groups excluding carboxylic acids is 4. The van der Waals surface area contributed by atoms with Gasteiger partial charge in [0.15, 0.2) is 11.6 Å². The second kappa shape index (κ2) is 8.55. The molecule has 0 bridgehead atoms. The summed E-state index contributed by atoms with van der Waals surface area (Å²) in [5.74, 6) is -2.02.